The normalized spacial score (nSPS) is 9.83. The van der Waals surface area contributed by atoms with Crippen LogP contribution in [0.5, 0.6) is 0 Å². The van der Waals surface area contributed by atoms with Gasteiger partial charge in [-0.25, -0.2) is 0 Å². The average Bonchev–Trinajstić information content (AvgIpc) is 1.35. The average molecular weight is 165 g/mol. The van der Waals surface area contributed by atoms with Gasteiger partial charge >= 0.3 is 0 Å². The highest BCUT2D eigenvalue weighted by molar-refractivity contribution is 9.23. The van der Waals surface area contributed by atoms with Gasteiger partial charge in [0, 0.05) is 0 Å². The largest absolute Gasteiger partial charge is 0.130 e. The lowest BCUT2D eigenvalue weighted by Crippen LogP contribution is -1.67. The highest BCUT2D eigenvalue weighted by atomic mass is 79.9. The van der Waals surface area contributed by atoms with Crippen LogP contribution in [0.2, 0.25) is 0 Å². The molecular formula is C4H9BrSi. The molecule has 0 radical (unpaired) electrons. The number of hydrogen-bond acceptors (Lipinski definition) is 0. The van der Waals surface area contributed by atoms with Crippen molar-refractivity contribution < 1.29 is 0 Å². The predicted molar refractivity (Wildman–Crippen MR) is 36.9 cm³/mol. The van der Waals surface area contributed by atoms with Gasteiger partial charge in [-0.15, -0.1) is 15.3 Å². The summed E-state index contributed by atoms with van der Waals surface area (Å²) in [5.74, 6) is 0. The zero-order valence-corrected chi connectivity index (χ0v) is 7.16. The van der Waals surface area contributed by atoms with Gasteiger partial charge in [0.1, 0.15) is 8.14 Å². The first-order valence-electron chi connectivity index (χ1n) is 1.96. The first kappa shape index (κ1) is 6.44. The first-order valence-corrected chi connectivity index (χ1v) is 6.68. The Balaban J connectivity index is 3.14. The quantitative estimate of drug-likeness (QED) is 0.407. The van der Waals surface area contributed by atoms with E-state index in [0.29, 0.717) is 0 Å². The maximum atomic E-state index is 3.41. The van der Waals surface area contributed by atoms with Gasteiger partial charge in [-0.2, -0.15) is 0 Å². The molecule has 0 amide bonds. The SMILES string of the molecule is CC(C)=C[SiH2]Br. The van der Waals surface area contributed by atoms with Crippen LogP contribution in [0.1, 0.15) is 13.8 Å². The van der Waals surface area contributed by atoms with Crippen molar-refractivity contribution in [1.82, 2.24) is 0 Å². The zero-order valence-electron chi connectivity index (χ0n) is 4.16. The third-order valence-corrected chi connectivity index (χ3v) is 2.43. The molecule has 0 aliphatic heterocycles. The third-order valence-electron chi connectivity index (χ3n) is 0.485. The number of hydrogen-bond donors (Lipinski definition) is 0. The van der Waals surface area contributed by atoms with E-state index in [0.717, 1.165) is 0 Å². The molecule has 0 bridgehead atoms. The Morgan fingerprint density at radius 3 is 2.17 bits per heavy atom. The van der Waals surface area contributed by atoms with Crippen molar-refractivity contribution in [2.75, 3.05) is 0 Å². The molecule has 0 N–H and O–H groups in total. The molecule has 0 spiro atoms. The third kappa shape index (κ3) is 4.44. The number of allylic oxidation sites excluding steroid dienone is 1. The van der Waals surface area contributed by atoms with Crippen molar-refractivity contribution in [2.24, 2.45) is 0 Å². The van der Waals surface area contributed by atoms with E-state index in [1.807, 2.05) is 0 Å². The molecule has 0 aliphatic rings. The molecule has 0 nitrogen and oxygen atoms in total. The fraction of sp³-hybridized carbons (Fsp3) is 0.500. The van der Waals surface area contributed by atoms with Crippen LogP contribution in [0.15, 0.2) is 11.3 Å². The smallest absolute Gasteiger partial charge is 0.122 e. The second-order valence-electron chi connectivity index (χ2n) is 1.44. The van der Waals surface area contributed by atoms with Crippen molar-refractivity contribution in [3.8, 4) is 0 Å². The van der Waals surface area contributed by atoms with Gasteiger partial charge in [-0.3, -0.25) is 0 Å². The van der Waals surface area contributed by atoms with Crippen LogP contribution in [0, 0.1) is 0 Å². The standard InChI is InChI=1S/C4H9BrSi/c1-4(2)3-6-5/h3H,6H2,1-2H3. The molecule has 0 aromatic rings. The Kier molecular flexibility index (Phi) is 3.88. The molecule has 0 rings (SSSR count). The Bertz CT molecular complexity index is 54.6. The van der Waals surface area contributed by atoms with Crippen LogP contribution in [0.25, 0.3) is 0 Å². The molecule has 36 valence electrons. The lowest BCUT2D eigenvalue weighted by molar-refractivity contribution is 1.41. The van der Waals surface area contributed by atoms with Gasteiger partial charge in [-0.1, -0.05) is 11.3 Å². The van der Waals surface area contributed by atoms with E-state index < -0.39 is 0 Å². The van der Waals surface area contributed by atoms with Crippen LogP contribution in [0.4, 0.5) is 0 Å². The molecule has 0 unspecified atom stereocenters. The highest BCUT2D eigenvalue weighted by Gasteiger charge is 1.69. The maximum Gasteiger partial charge on any atom is 0.122 e. The lowest BCUT2D eigenvalue weighted by Gasteiger charge is -1.78. The molecule has 0 aromatic heterocycles. The minimum absolute atomic E-state index is 0.0170. The Morgan fingerprint density at radius 1 is 1.67 bits per heavy atom. The molecule has 2 heteroatoms. The van der Waals surface area contributed by atoms with Crippen molar-refractivity contribution in [3.63, 3.8) is 0 Å². The van der Waals surface area contributed by atoms with E-state index in [4.69, 9.17) is 0 Å². The summed E-state index contributed by atoms with van der Waals surface area (Å²) < 4.78 is 0. The van der Waals surface area contributed by atoms with E-state index in [1.165, 1.54) is 5.57 Å². The number of halogens is 1. The zero-order chi connectivity index (χ0) is 4.99. The van der Waals surface area contributed by atoms with Gasteiger partial charge in [0.05, 0.1) is 0 Å². The summed E-state index contributed by atoms with van der Waals surface area (Å²) in [7, 11) is 0.0170. The molecule has 6 heavy (non-hydrogen) atoms. The summed E-state index contributed by atoms with van der Waals surface area (Å²) in [4.78, 5) is 0. The van der Waals surface area contributed by atoms with Gasteiger partial charge in [0.2, 0.25) is 0 Å². The number of rotatable bonds is 1. The van der Waals surface area contributed by atoms with Gasteiger partial charge in [0.15, 0.2) is 0 Å². The topological polar surface area (TPSA) is 0 Å². The van der Waals surface area contributed by atoms with Crippen LogP contribution in [0.3, 0.4) is 0 Å². The van der Waals surface area contributed by atoms with E-state index in [1.54, 1.807) is 0 Å². The molecule has 0 atom stereocenters. The fourth-order valence-electron chi connectivity index (χ4n) is 0.154. The summed E-state index contributed by atoms with van der Waals surface area (Å²) in [6, 6.07) is 0. The van der Waals surface area contributed by atoms with Gasteiger partial charge in [0.25, 0.3) is 0 Å². The Labute approximate surface area is 49.0 Å². The molecular weight excluding hydrogens is 156 g/mol. The van der Waals surface area contributed by atoms with E-state index in [2.05, 4.69) is 34.8 Å². The highest BCUT2D eigenvalue weighted by Crippen LogP contribution is 1.87. The second kappa shape index (κ2) is 3.62. The van der Waals surface area contributed by atoms with Crippen molar-refractivity contribution >= 4 is 23.4 Å². The molecule has 0 aromatic carbocycles. The summed E-state index contributed by atoms with van der Waals surface area (Å²) in [5.41, 5.74) is 3.69. The van der Waals surface area contributed by atoms with E-state index >= 15 is 0 Å². The maximum absolute atomic E-state index is 3.41. The van der Waals surface area contributed by atoms with Crippen LogP contribution >= 0.6 is 15.3 Å². The molecule has 0 saturated heterocycles. The molecule has 0 aliphatic carbocycles. The first-order chi connectivity index (χ1) is 2.77. The van der Waals surface area contributed by atoms with Crippen LogP contribution in [-0.4, -0.2) is 8.14 Å². The van der Waals surface area contributed by atoms with Crippen molar-refractivity contribution in [3.05, 3.63) is 11.3 Å². The second-order valence-corrected chi connectivity index (χ2v) is 4.10. The van der Waals surface area contributed by atoms with Crippen LogP contribution in [-0.2, 0) is 0 Å². The predicted octanol–water partition coefficient (Wildman–Crippen LogP) is 1.39. The minimum Gasteiger partial charge on any atom is -0.130 e. The summed E-state index contributed by atoms with van der Waals surface area (Å²) in [5, 5.41) is 0. The van der Waals surface area contributed by atoms with Crippen LogP contribution < -0.4 is 0 Å². The minimum atomic E-state index is 0.0170. The summed E-state index contributed by atoms with van der Waals surface area (Å²) in [6.07, 6.45) is 0. The molecule has 0 saturated carbocycles. The van der Waals surface area contributed by atoms with Gasteiger partial charge < -0.3 is 0 Å². The van der Waals surface area contributed by atoms with Crippen molar-refractivity contribution in [2.45, 2.75) is 13.8 Å². The van der Waals surface area contributed by atoms with Crippen molar-refractivity contribution in [1.29, 1.82) is 0 Å². The Morgan fingerprint density at radius 2 is 2.17 bits per heavy atom. The monoisotopic (exact) mass is 164 g/mol. The summed E-state index contributed by atoms with van der Waals surface area (Å²) >= 11 is 3.41. The van der Waals surface area contributed by atoms with E-state index in [9.17, 15) is 0 Å². The lowest BCUT2D eigenvalue weighted by atomic mass is 10.4. The van der Waals surface area contributed by atoms with E-state index in [-0.39, 0.29) is 8.14 Å². The Hall–Kier alpha value is 0.437. The summed E-state index contributed by atoms with van der Waals surface area (Å²) in [6.45, 7) is 4.24. The van der Waals surface area contributed by atoms with Gasteiger partial charge in [-0.05, 0) is 13.8 Å². The fourth-order valence-corrected chi connectivity index (χ4v) is 2.41. The molecule has 0 heterocycles. The molecule has 0 fully saturated rings.